The maximum absolute atomic E-state index is 13.6. The molecule has 1 aromatic rings. The molecule has 2 unspecified atom stereocenters. The van der Waals surface area contributed by atoms with E-state index in [1.54, 1.807) is 0 Å². The lowest BCUT2D eigenvalue weighted by molar-refractivity contribution is -0.141. The molecule has 0 saturated carbocycles. The van der Waals surface area contributed by atoms with E-state index in [1.807, 2.05) is 0 Å². The molecule has 19 heavy (non-hydrogen) atoms. The third kappa shape index (κ3) is 3.65. The van der Waals surface area contributed by atoms with Gasteiger partial charge in [-0.15, -0.1) is 0 Å². The number of nitrogens with one attached hydrogen (secondary N) is 1. The van der Waals surface area contributed by atoms with Gasteiger partial charge in [0.25, 0.3) is 0 Å². The highest BCUT2D eigenvalue weighted by Gasteiger charge is 2.27. The van der Waals surface area contributed by atoms with Gasteiger partial charge in [0.1, 0.15) is 4.90 Å². The molecular formula is C11H13ClFNO4S. The summed E-state index contributed by atoms with van der Waals surface area (Å²) in [5, 5.41) is 8.47. The van der Waals surface area contributed by atoms with Gasteiger partial charge >= 0.3 is 5.97 Å². The minimum Gasteiger partial charge on any atom is -0.481 e. The Kier molecular flexibility index (Phi) is 4.89. The number of rotatable bonds is 5. The summed E-state index contributed by atoms with van der Waals surface area (Å²) in [7, 11) is -4.16. The summed E-state index contributed by atoms with van der Waals surface area (Å²) in [6, 6.07) is 2.69. The van der Waals surface area contributed by atoms with Crippen molar-refractivity contribution >= 4 is 27.6 Å². The van der Waals surface area contributed by atoms with E-state index in [0.29, 0.717) is 0 Å². The summed E-state index contributed by atoms with van der Waals surface area (Å²) < 4.78 is 39.6. The van der Waals surface area contributed by atoms with Gasteiger partial charge in [-0.3, -0.25) is 4.79 Å². The van der Waals surface area contributed by atoms with Crippen LogP contribution in [-0.4, -0.2) is 25.5 Å². The third-order valence-electron chi connectivity index (χ3n) is 2.69. The largest absolute Gasteiger partial charge is 0.481 e. The summed E-state index contributed by atoms with van der Waals surface area (Å²) in [5.41, 5.74) is 0. The molecule has 0 aliphatic heterocycles. The molecule has 0 fully saturated rings. The number of sulfonamides is 1. The van der Waals surface area contributed by atoms with Gasteiger partial charge < -0.3 is 5.11 Å². The quantitative estimate of drug-likeness (QED) is 0.869. The van der Waals surface area contributed by atoms with Crippen LogP contribution in [-0.2, 0) is 14.8 Å². The second-order valence-corrected chi connectivity index (χ2v) is 6.18. The Morgan fingerprint density at radius 2 is 2.00 bits per heavy atom. The lowest BCUT2D eigenvalue weighted by Gasteiger charge is -2.18. The van der Waals surface area contributed by atoms with Gasteiger partial charge in [-0.2, -0.15) is 0 Å². The van der Waals surface area contributed by atoms with Crippen LogP contribution in [0.5, 0.6) is 0 Å². The molecule has 1 rings (SSSR count). The summed E-state index contributed by atoms with van der Waals surface area (Å²) in [5.74, 6) is -3.16. The van der Waals surface area contributed by atoms with Gasteiger partial charge in [0.15, 0.2) is 5.82 Å². The zero-order valence-corrected chi connectivity index (χ0v) is 11.8. The minimum atomic E-state index is -4.16. The fraction of sp³-hybridized carbons (Fsp3) is 0.364. The van der Waals surface area contributed by atoms with E-state index in [2.05, 4.69) is 4.72 Å². The topological polar surface area (TPSA) is 83.5 Å². The number of carboxylic acid groups (broad SMARTS) is 1. The molecule has 0 aliphatic rings. The molecule has 2 atom stereocenters. The second-order valence-electron chi connectivity index (χ2n) is 4.09. The van der Waals surface area contributed by atoms with E-state index >= 15 is 0 Å². The van der Waals surface area contributed by atoms with Crippen molar-refractivity contribution in [3.8, 4) is 0 Å². The van der Waals surface area contributed by atoms with E-state index in [9.17, 15) is 17.6 Å². The van der Waals surface area contributed by atoms with Crippen LogP contribution >= 0.6 is 11.6 Å². The minimum absolute atomic E-state index is 0.318. The highest BCUT2D eigenvalue weighted by Crippen LogP contribution is 2.22. The van der Waals surface area contributed by atoms with Crippen molar-refractivity contribution in [1.82, 2.24) is 4.72 Å². The van der Waals surface area contributed by atoms with E-state index in [1.165, 1.54) is 26.0 Å². The van der Waals surface area contributed by atoms with E-state index in [0.717, 1.165) is 6.07 Å². The van der Waals surface area contributed by atoms with Crippen molar-refractivity contribution in [3.63, 3.8) is 0 Å². The van der Waals surface area contributed by atoms with Crippen molar-refractivity contribution in [2.45, 2.75) is 24.8 Å². The SMILES string of the molecule is CC(NS(=O)(=O)c1cccc(Cl)c1F)C(C)C(=O)O. The number of benzene rings is 1. The molecule has 106 valence electrons. The first-order valence-electron chi connectivity index (χ1n) is 5.36. The van der Waals surface area contributed by atoms with Gasteiger partial charge in [0, 0.05) is 6.04 Å². The Morgan fingerprint density at radius 1 is 1.42 bits per heavy atom. The Balaban J connectivity index is 3.06. The van der Waals surface area contributed by atoms with E-state index in [4.69, 9.17) is 16.7 Å². The van der Waals surface area contributed by atoms with Crippen molar-refractivity contribution in [1.29, 1.82) is 0 Å². The summed E-state index contributed by atoms with van der Waals surface area (Å²) >= 11 is 5.51. The maximum Gasteiger partial charge on any atom is 0.307 e. The molecule has 8 heteroatoms. The Bertz CT molecular complexity index is 590. The highest BCUT2D eigenvalue weighted by atomic mass is 35.5. The van der Waals surface area contributed by atoms with Gasteiger partial charge in [0.05, 0.1) is 10.9 Å². The fourth-order valence-corrected chi connectivity index (χ4v) is 2.97. The normalized spacial score (nSPS) is 14.9. The summed E-state index contributed by atoms with van der Waals surface area (Å²) in [6.07, 6.45) is 0. The Labute approximate surface area is 115 Å². The van der Waals surface area contributed by atoms with Crippen LogP contribution < -0.4 is 4.72 Å². The van der Waals surface area contributed by atoms with Gasteiger partial charge in [-0.25, -0.2) is 17.5 Å². The zero-order valence-electron chi connectivity index (χ0n) is 10.2. The molecule has 2 N–H and O–H groups in total. The van der Waals surface area contributed by atoms with Gasteiger partial charge in [-0.1, -0.05) is 24.6 Å². The zero-order chi connectivity index (χ0) is 14.8. The van der Waals surface area contributed by atoms with Crippen molar-refractivity contribution in [2.75, 3.05) is 0 Å². The molecule has 0 bridgehead atoms. The van der Waals surface area contributed by atoms with Crippen LogP contribution in [0.25, 0.3) is 0 Å². The van der Waals surface area contributed by atoms with E-state index < -0.39 is 38.7 Å². The molecule has 0 aromatic heterocycles. The first-order valence-corrected chi connectivity index (χ1v) is 7.22. The van der Waals surface area contributed by atoms with Gasteiger partial charge in [0.2, 0.25) is 10.0 Å². The first-order chi connectivity index (χ1) is 8.66. The van der Waals surface area contributed by atoms with Crippen LogP contribution in [0, 0.1) is 11.7 Å². The van der Waals surface area contributed by atoms with Crippen molar-refractivity contribution in [3.05, 3.63) is 29.0 Å². The molecule has 0 spiro atoms. The number of halogens is 2. The Morgan fingerprint density at radius 3 is 2.53 bits per heavy atom. The Hall–Kier alpha value is -1.18. The van der Waals surface area contributed by atoms with Crippen LogP contribution in [0.4, 0.5) is 4.39 Å². The molecular weight excluding hydrogens is 297 g/mol. The number of hydrogen-bond acceptors (Lipinski definition) is 3. The van der Waals surface area contributed by atoms with Crippen molar-refractivity contribution in [2.24, 2.45) is 5.92 Å². The average molecular weight is 310 g/mol. The smallest absolute Gasteiger partial charge is 0.307 e. The maximum atomic E-state index is 13.6. The molecule has 0 saturated heterocycles. The van der Waals surface area contributed by atoms with Crippen LogP contribution in [0.3, 0.4) is 0 Å². The predicted octanol–water partition coefficient (Wildman–Crippen LogP) is 1.87. The van der Waals surface area contributed by atoms with E-state index in [-0.39, 0.29) is 5.02 Å². The lowest BCUT2D eigenvalue weighted by Crippen LogP contribution is -2.40. The number of hydrogen-bond donors (Lipinski definition) is 2. The monoisotopic (exact) mass is 309 g/mol. The van der Waals surface area contributed by atoms with Crippen LogP contribution in [0.2, 0.25) is 5.02 Å². The van der Waals surface area contributed by atoms with Crippen LogP contribution in [0.15, 0.2) is 23.1 Å². The van der Waals surface area contributed by atoms with Crippen molar-refractivity contribution < 1.29 is 22.7 Å². The van der Waals surface area contributed by atoms with Gasteiger partial charge in [-0.05, 0) is 19.1 Å². The fourth-order valence-electron chi connectivity index (χ4n) is 1.32. The summed E-state index contributed by atoms with van der Waals surface area (Å²) in [4.78, 5) is 10.1. The third-order valence-corrected chi connectivity index (χ3v) is 4.55. The molecule has 5 nitrogen and oxygen atoms in total. The predicted molar refractivity (Wildman–Crippen MR) is 68.0 cm³/mol. The first kappa shape index (κ1) is 15.9. The molecule has 0 amide bonds. The summed E-state index contributed by atoms with van der Waals surface area (Å²) in [6.45, 7) is 2.74. The molecule has 1 aromatic carbocycles. The number of carboxylic acids is 1. The highest BCUT2D eigenvalue weighted by molar-refractivity contribution is 7.89. The molecule has 0 heterocycles. The number of aliphatic carboxylic acids is 1. The average Bonchev–Trinajstić information content (AvgIpc) is 2.30. The number of carbonyl (C=O) groups is 1. The standard InChI is InChI=1S/C11H13ClFNO4S/c1-6(11(15)16)7(2)14-19(17,18)9-5-3-4-8(12)10(9)13/h3-7,14H,1-2H3,(H,15,16). The molecule has 0 aliphatic carbocycles. The molecule has 0 radical (unpaired) electrons. The second kappa shape index (κ2) is 5.85. The van der Waals surface area contributed by atoms with Crippen LogP contribution in [0.1, 0.15) is 13.8 Å². The lowest BCUT2D eigenvalue weighted by atomic mass is 10.1.